The lowest BCUT2D eigenvalue weighted by Gasteiger charge is -2.04. The number of aromatic nitrogens is 4. The summed E-state index contributed by atoms with van der Waals surface area (Å²) in [5.74, 6) is 8.24. The van der Waals surface area contributed by atoms with Gasteiger partial charge in [0.25, 0.3) is 0 Å². The molecule has 0 amide bonds. The highest BCUT2D eigenvalue weighted by Gasteiger charge is 2.13. The van der Waals surface area contributed by atoms with Crippen LogP contribution in [-0.2, 0) is 5.75 Å². The summed E-state index contributed by atoms with van der Waals surface area (Å²) in [7, 11) is 1.63. The molecule has 0 bridgehead atoms. The Labute approximate surface area is 136 Å². The lowest BCUT2D eigenvalue weighted by Crippen LogP contribution is -2.11. The van der Waals surface area contributed by atoms with Crippen LogP contribution >= 0.6 is 23.1 Å². The molecule has 22 heavy (non-hydrogen) atoms. The summed E-state index contributed by atoms with van der Waals surface area (Å²) in [6.45, 7) is 1.99. The van der Waals surface area contributed by atoms with Gasteiger partial charge >= 0.3 is 0 Å². The number of hydrogen-bond acceptors (Lipinski definition) is 7. The minimum Gasteiger partial charge on any atom is -0.497 e. The number of thiazole rings is 1. The van der Waals surface area contributed by atoms with Crippen LogP contribution in [0.2, 0.25) is 0 Å². The van der Waals surface area contributed by atoms with Crippen molar-refractivity contribution in [1.82, 2.24) is 19.9 Å². The lowest BCUT2D eigenvalue weighted by atomic mass is 10.2. The van der Waals surface area contributed by atoms with Crippen molar-refractivity contribution in [2.45, 2.75) is 17.8 Å². The maximum atomic E-state index is 6.10. The highest BCUT2D eigenvalue weighted by molar-refractivity contribution is 7.98. The highest BCUT2D eigenvalue weighted by atomic mass is 32.2. The minimum atomic E-state index is 0.625. The number of aryl methyl sites for hydroxylation is 1. The number of thioether (sulfide) groups is 1. The van der Waals surface area contributed by atoms with E-state index in [0.29, 0.717) is 11.0 Å². The van der Waals surface area contributed by atoms with Crippen molar-refractivity contribution < 1.29 is 4.74 Å². The first-order valence-corrected chi connectivity index (χ1v) is 8.42. The molecule has 1 aromatic carbocycles. The lowest BCUT2D eigenvalue weighted by molar-refractivity contribution is 0.415. The van der Waals surface area contributed by atoms with Crippen molar-refractivity contribution in [3.8, 4) is 17.1 Å². The van der Waals surface area contributed by atoms with Crippen LogP contribution < -0.4 is 10.6 Å². The van der Waals surface area contributed by atoms with E-state index < -0.39 is 0 Å². The summed E-state index contributed by atoms with van der Waals surface area (Å²) in [5.41, 5.74) is 1.92. The van der Waals surface area contributed by atoms with Gasteiger partial charge in [-0.3, -0.25) is 0 Å². The van der Waals surface area contributed by atoms with E-state index in [2.05, 4.69) is 15.2 Å². The van der Waals surface area contributed by atoms with Gasteiger partial charge in [-0.15, -0.1) is 21.5 Å². The molecule has 0 aliphatic carbocycles. The summed E-state index contributed by atoms with van der Waals surface area (Å²) < 4.78 is 6.65. The normalized spacial score (nSPS) is 10.8. The van der Waals surface area contributed by atoms with E-state index >= 15 is 0 Å². The summed E-state index contributed by atoms with van der Waals surface area (Å²) in [5, 5.41) is 12.1. The molecule has 2 aromatic heterocycles. The van der Waals surface area contributed by atoms with E-state index in [0.717, 1.165) is 27.8 Å². The van der Waals surface area contributed by atoms with Crippen molar-refractivity contribution in [2.75, 3.05) is 13.0 Å². The first kappa shape index (κ1) is 14.9. The Balaban J connectivity index is 1.76. The van der Waals surface area contributed by atoms with Crippen LogP contribution in [0.5, 0.6) is 5.75 Å². The van der Waals surface area contributed by atoms with E-state index in [1.165, 1.54) is 16.4 Å². The predicted molar refractivity (Wildman–Crippen MR) is 88.6 cm³/mol. The molecule has 8 heteroatoms. The Kier molecular flexibility index (Phi) is 4.30. The van der Waals surface area contributed by atoms with Crippen LogP contribution in [0.3, 0.4) is 0 Å². The number of nitrogens with zero attached hydrogens (tertiary/aromatic N) is 4. The van der Waals surface area contributed by atoms with Crippen LogP contribution in [0, 0.1) is 6.92 Å². The van der Waals surface area contributed by atoms with Crippen LogP contribution in [0.4, 0.5) is 0 Å². The summed E-state index contributed by atoms with van der Waals surface area (Å²) in [6, 6.07) is 7.55. The third-order valence-electron chi connectivity index (χ3n) is 3.03. The number of nitrogens with two attached hydrogens (primary N) is 1. The molecule has 2 N–H and O–H groups in total. The fourth-order valence-corrected chi connectivity index (χ4v) is 3.39. The molecule has 3 aromatic rings. The van der Waals surface area contributed by atoms with Crippen LogP contribution in [0.25, 0.3) is 11.4 Å². The molecule has 0 saturated carbocycles. The van der Waals surface area contributed by atoms with Crippen LogP contribution in [0.15, 0.2) is 34.8 Å². The topological polar surface area (TPSA) is 78.9 Å². The van der Waals surface area contributed by atoms with Crippen molar-refractivity contribution in [1.29, 1.82) is 0 Å². The van der Waals surface area contributed by atoms with E-state index in [1.54, 1.807) is 18.4 Å². The summed E-state index contributed by atoms with van der Waals surface area (Å²) in [6.07, 6.45) is 0. The molecular formula is C14H15N5OS2. The summed E-state index contributed by atoms with van der Waals surface area (Å²) >= 11 is 3.16. The second kappa shape index (κ2) is 6.37. The fraction of sp³-hybridized carbons (Fsp3) is 0.214. The van der Waals surface area contributed by atoms with Gasteiger partial charge in [0, 0.05) is 16.7 Å². The van der Waals surface area contributed by atoms with Gasteiger partial charge in [0.15, 0.2) is 5.82 Å². The molecule has 0 aliphatic rings. The second-order valence-corrected chi connectivity index (χ2v) is 6.56. The average molecular weight is 333 g/mol. The standard InChI is InChI=1S/C14H15N5OS2/c1-9-16-11(7-21-9)8-22-14-18-17-13(19(14)15)10-3-5-12(20-2)6-4-10/h3-7H,8,15H2,1-2H3. The quantitative estimate of drug-likeness (QED) is 0.571. The molecule has 0 spiro atoms. The van der Waals surface area contributed by atoms with Crippen molar-refractivity contribution in [3.63, 3.8) is 0 Å². The maximum Gasteiger partial charge on any atom is 0.210 e. The molecule has 0 unspecified atom stereocenters. The first-order chi connectivity index (χ1) is 10.7. The molecule has 2 heterocycles. The number of benzene rings is 1. The number of hydrogen-bond donors (Lipinski definition) is 1. The average Bonchev–Trinajstić information content (AvgIpc) is 3.11. The van der Waals surface area contributed by atoms with Crippen molar-refractivity contribution in [2.24, 2.45) is 0 Å². The van der Waals surface area contributed by atoms with E-state index in [1.807, 2.05) is 36.6 Å². The number of nitrogen functional groups attached to an aromatic ring is 1. The molecule has 0 atom stereocenters. The minimum absolute atomic E-state index is 0.625. The van der Waals surface area contributed by atoms with Gasteiger partial charge in [-0.1, -0.05) is 11.8 Å². The molecule has 6 nitrogen and oxygen atoms in total. The molecule has 3 rings (SSSR count). The van der Waals surface area contributed by atoms with Gasteiger partial charge in [-0.05, 0) is 31.2 Å². The Hall–Kier alpha value is -2.06. The van der Waals surface area contributed by atoms with Gasteiger partial charge < -0.3 is 10.6 Å². The number of rotatable bonds is 5. The Bertz CT molecular complexity index is 766. The monoisotopic (exact) mass is 333 g/mol. The van der Waals surface area contributed by atoms with E-state index in [4.69, 9.17) is 10.6 Å². The van der Waals surface area contributed by atoms with Gasteiger partial charge in [-0.25, -0.2) is 9.66 Å². The van der Waals surface area contributed by atoms with Gasteiger partial charge in [0.1, 0.15) is 5.75 Å². The first-order valence-electron chi connectivity index (χ1n) is 6.56. The van der Waals surface area contributed by atoms with Gasteiger partial charge in [0.05, 0.1) is 17.8 Å². The van der Waals surface area contributed by atoms with Gasteiger partial charge in [-0.2, -0.15) is 0 Å². The second-order valence-electron chi connectivity index (χ2n) is 4.55. The molecule has 114 valence electrons. The predicted octanol–water partition coefficient (Wildman–Crippen LogP) is 2.72. The number of ether oxygens (including phenoxy) is 1. The van der Waals surface area contributed by atoms with E-state index in [9.17, 15) is 0 Å². The van der Waals surface area contributed by atoms with Crippen LogP contribution in [0.1, 0.15) is 10.7 Å². The van der Waals surface area contributed by atoms with Gasteiger partial charge in [0.2, 0.25) is 5.16 Å². The molecule has 0 fully saturated rings. The Morgan fingerprint density at radius 2 is 2.05 bits per heavy atom. The SMILES string of the molecule is COc1ccc(-c2nnc(SCc3csc(C)n3)n2N)cc1. The number of methoxy groups -OCH3 is 1. The van der Waals surface area contributed by atoms with Crippen molar-refractivity contribution >= 4 is 23.1 Å². The Morgan fingerprint density at radius 3 is 2.68 bits per heavy atom. The third-order valence-corrected chi connectivity index (χ3v) is 4.83. The molecule has 0 aliphatic heterocycles. The molecule has 0 radical (unpaired) electrons. The smallest absolute Gasteiger partial charge is 0.210 e. The molecular weight excluding hydrogens is 318 g/mol. The fourth-order valence-electron chi connectivity index (χ4n) is 1.93. The summed E-state index contributed by atoms with van der Waals surface area (Å²) in [4.78, 5) is 4.43. The highest BCUT2D eigenvalue weighted by Crippen LogP contribution is 2.25. The zero-order valence-electron chi connectivity index (χ0n) is 12.2. The Morgan fingerprint density at radius 1 is 1.27 bits per heavy atom. The van der Waals surface area contributed by atoms with Crippen LogP contribution in [-0.4, -0.2) is 27.0 Å². The maximum absolute atomic E-state index is 6.10. The zero-order chi connectivity index (χ0) is 15.5. The largest absolute Gasteiger partial charge is 0.497 e. The third kappa shape index (κ3) is 3.07. The van der Waals surface area contributed by atoms with Crippen molar-refractivity contribution in [3.05, 3.63) is 40.3 Å². The van der Waals surface area contributed by atoms with E-state index in [-0.39, 0.29) is 0 Å². The zero-order valence-corrected chi connectivity index (χ0v) is 13.8. The molecule has 0 saturated heterocycles.